The van der Waals surface area contributed by atoms with Gasteiger partial charge >= 0.3 is 0 Å². The van der Waals surface area contributed by atoms with Crippen molar-refractivity contribution in [1.29, 1.82) is 0 Å². The van der Waals surface area contributed by atoms with Gasteiger partial charge in [0.1, 0.15) is 17.3 Å². The van der Waals surface area contributed by atoms with Gasteiger partial charge in [0, 0.05) is 23.9 Å². The summed E-state index contributed by atoms with van der Waals surface area (Å²) >= 11 is 1.42. The number of rotatable bonds is 10. The number of aromatic nitrogens is 3. The van der Waals surface area contributed by atoms with E-state index in [1.807, 2.05) is 10.6 Å². The number of amides is 1. The second-order valence-electron chi connectivity index (χ2n) is 7.57. The van der Waals surface area contributed by atoms with Crippen LogP contribution in [-0.2, 0) is 18.8 Å². The Kier molecular flexibility index (Phi) is 8.10. The van der Waals surface area contributed by atoms with Crippen LogP contribution in [0.25, 0.3) is 0 Å². The van der Waals surface area contributed by atoms with Crippen LogP contribution < -0.4 is 14.8 Å². The van der Waals surface area contributed by atoms with Crippen molar-refractivity contribution in [2.75, 3.05) is 14.2 Å². The molecule has 0 spiro atoms. The van der Waals surface area contributed by atoms with E-state index in [4.69, 9.17) is 9.47 Å². The number of benzene rings is 2. The number of ether oxygens (including phenoxy) is 2. The van der Waals surface area contributed by atoms with Gasteiger partial charge < -0.3 is 19.4 Å². The molecule has 1 heterocycles. The van der Waals surface area contributed by atoms with Crippen molar-refractivity contribution in [2.24, 2.45) is 5.92 Å². The highest BCUT2D eigenvalue weighted by Gasteiger charge is 2.17. The topological polar surface area (TPSA) is 78.3 Å². The third kappa shape index (κ3) is 6.00. The minimum Gasteiger partial charge on any atom is -0.497 e. The van der Waals surface area contributed by atoms with Gasteiger partial charge in [0.25, 0.3) is 5.91 Å². The van der Waals surface area contributed by atoms with Gasteiger partial charge in [0.15, 0.2) is 11.0 Å². The molecule has 0 bridgehead atoms. The lowest BCUT2D eigenvalue weighted by Gasteiger charge is -2.13. The molecule has 2 aromatic carbocycles. The molecule has 0 aliphatic carbocycles. The fourth-order valence-electron chi connectivity index (χ4n) is 3.06. The molecule has 0 aliphatic rings. The maximum Gasteiger partial charge on any atom is 0.251 e. The first-order valence-electron chi connectivity index (χ1n) is 10.2. The lowest BCUT2D eigenvalue weighted by atomic mass is 10.2. The van der Waals surface area contributed by atoms with E-state index in [0.29, 0.717) is 51.8 Å². The Labute approximate surface area is 191 Å². The maximum absolute atomic E-state index is 14.0. The minimum absolute atomic E-state index is 0.207. The van der Waals surface area contributed by atoms with Crippen molar-refractivity contribution in [3.8, 4) is 11.5 Å². The molecule has 1 amide bonds. The summed E-state index contributed by atoms with van der Waals surface area (Å²) in [6.07, 6.45) is 0. The van der Waals surface area contributed by atoms with E-state index < -0.39 is 0 Å². The molecule has 0 atom stereocenters. The van der Waals surface area contributed by atoms with Crippen LogP contribution in [-0.4, -0.2) is 34.9 Å². The van der Waals surface area contributed by atoms with Crippen molar-refractivity contribution < 1.29 is 18.7 Å². The summed E-state index contributed by atoms with van der Waals surface area (Å²) in [6.45, 7) is 5.08. The summed E-state index contributed by atoms with van der Waals surface area (Å²) in [4.78, 5) is 12.7. The second kappa shape index (κ2) is 11.0. The highest BCUT2D eigenvalue weighted by atomic mass is 32.2. The summed E-state index contributed by atoms with van der Waals surface area (Å²) in [5.41, 5.74) is 1.03. The van der Waals surface area contributed by atoms with E-state index in [1.165, 1.54) is 32.0 Å². The predicted molar refractivity (Wildman–Crippen MR) is 122 cm³/mol. The van der Waals surface area contributed by atoms with E-state index in [-0.39, 0.29) is 18.3 Å². The maximum atomic E-state index is 14.0. The number of methoxy groups -OCH3 is 2. The molecule has 7 nitrogen and oxygen atoms in total. The van der Waals surface area contributed by atoms with Gasteiger partial charge in [0.05, 0.1) is 20.8 Å². The number of hydrogen-bond donors (Lipinski definition) is 1. The molecule has 0 saturated heterocycles. The molecule has 0 saturated carbocycles. The highest BCUT2D eigenvalue weighted by molar-refractivity contribution is 7.98. The Morgan fingerprint density at radius 1 is 1.12 bits per heavy atom. The van der Waals surface area contributed by atoms with Crippen LogP contribution in [0.4, 0.5) is 4.39 Å². The lowest BCUT2D eigenvalue weighted by molar-refractivity contribution is 0.0948. The number of halogens is 1. The van der Waals surface area contributed by atoms with Crippen LogP contribution in [0.15, 0.2) is 47.6 Å². The molecular weight excluding hydrogens is 431 g/mol. The number of hydrogen-bond acceptors (Lipinski definition) is 6. The molecule has 170 valence electrons. The number of carbonyl (C=O) groups is 1. The van der Waals surface area contributed by atoms with Gasteiger partial charge in [0.2, 0.25) is 0 Å². The molecule has 9 heteroatoms. The van der Waals surface area contributed by atoms with Crippen LogP contribution in [0.3, 0.4) is 0 Å². The summed E-state index contributed by atoms with van der Waals surface area (Å²) in [5.74, 6) is 1.97. The van der Waals surface area contributed by atoms with Gasteiger partial charge in [-0.15, -0.1) is 10.2 Å². The van der Waals surface area contributed by atoms with E-state index in [2.05, 4.69) is 29.4 Å². The number of thioether (sulfide) groups is 1. The van der Waals surface area contributed by atoms with E-state index >= 15 is 0 Å². The Balaban J connectivity index is 1.73. The molecular formula is C23H27FN4O3S. The van der Waals surface area contributed by atoms with Gasteiger partial charge in [-0.2, -0.15) is 0 Å². The van der Waals surface area contributed by atoms with E-state index in [0.717, 1.165) is 0 Å². The summed E-state index contributed by atoms with van der Waals surface area (Å²) in [5, 5.41) is 12.1. The SMILES string of the molecule is COc1cc(OC)cc(C(=O)NCc2nnc(SCc3ccccc3F)n2CC(C)C)c1. The average molecular weight is 459 g/mol. The van der Waals surface area contributed by atoms with Crippen LogP contribution in [0.2, 0.25) is 0 Å². The predicted octanol–water partition coefficient (Wildman–Crippen LogP) is 4.31. The standard InChI is InChI=1S/C23H27FN4O3S/c1-15(2)13-28-21(26-27-23(28)32-14-16-7-5-6-8-20(16)24)12-25-22(29)17-9-18(30-3)11-19(10-17)31-4/h5-11,15H,12-14H2,1-4H3,(H,25,29). The molecule has 32 heavy (non-hydrogen) atoms. The Bertz CT molecular complexity index is 1050. The largest absolute Gasteiger partial charge is 0.497 e. The van der Waals surface area contributed by atoms with Crippen LogP contribution in [0.5, 0.6) is 11.5 Å². The fourth-order valence-corrected chi connectivity index (χ4v) is 4.02. The molecule has 1 aromatic heterocycles. The first-order chi connectivity index (χ1) is 15.4. The normalized spacial score (nSPS) is 10.9. The number of nitrogens with zero attached hydrogens (tertiary/aromatic N) is 3. The molecule has 0 radical (unpaired) electrons. The van der Waals surface area contributed by atoms with Crippen LogP contribution >= 0.6 is 11.8 Å². The van der Waals surface area contributed by atoms with E-state index in [1.54, 1.807) is 30.3 Å². The Morgan fingerprint density at radius 3 is 2.44 bits per heavy atom. The number of carbonyl (C=O) groups excluding carboxylic acids is 1. The first-order valence-corrected chi connectivity index (χ1v) is 11.2. The lowest BCUT2D eigenvalue weighted by Crippen LogP contribution is -2.25. The zero-order chi connectivity index (χ0) is 23.1. The monoisotopic (exact) mass is 458 g/mol. The first kappa shape index (κ1) is 23.6. The van der Waals surface area contributed by atoms with Crippen molar-refractivity contribution in [3.63, 3.8) is 0 Å². The zero-order valence-electron chi connectivity index (χ0n) is 18.6. The smallest absolute Gasteiger partial charge is 0.251 e. The third-order valence-electron chi connectivity index (χ3n) is 4.68. The fraction of sp³-hybridized carbons (Fsp3) is 0.348. The van der Waals surface area contributed by atoms with Crippen LogP contribution in [0, 0.1) is 11.7 Å². The van der Waals surface area contributed by atoms with Crippen LogP contribution in [0.1, 0.15) is 35.6 Å². The summed E-state index contributed by atoms with van der Waals surface area (Å²) < 4.78 is 26.4. The molecule has 0 unspecified atom stereocenters. The van der Waals surface area contributed by atoms with Crippen molar-refractivity contribution in [2.45, 2.75) is 37.8 Å². The quantitative estimate of drug-likeness (QED) is 0.456. The second-order valence-corrected chi connectivity index (χ2v) is 8.51. The van der Waals surface area contributed by atoms with Gasteiger partial charge in [-0.3, -0.25) is 4.79 Å². The Hall–Kier alpha value is -3.07. The van der Waals surface area contributed by atoms with Gasteiger partial charge in [-0.1, -0.05) is 43.8 Å². The van der Waals surface area contributed by atoms with E-state index in [9.17, 15) is 9.18 Å². The molecule has 0 fully saturated rings. The molecule has 1 N–H and O–H groups in total. The summed E-state index contributed by atoms with van der Waals surface area (Å²) in [7, 11) is 3.07. The average Bonchev–Trinajstić information content (AvgIpc) is 3.17. The molecule has 3 aromatic rings. The molecule has 3 rings (SSSR count). The summed E-state index contributed by atoms with van der Waals surface area (Å²) in [6, 6.07) is 11.7. The minimum atomic E-state index is -0.276. The Morgan fingerprint density at radius 2 is 1.81 bits per heavy atom. The van der Waals surface area contributed by atoms with Crippen molar-refractivity contribution in [3.05, 3.63) is 65.2 Å². The van der Waals surface area contributed by atoms with Gasteiger partial charge in [-0.25, -0.2) is 4.39 Å². The highest BCUT2D eigenvalue weighted by Crippen LogP contribution is 2.25. The zero-order valence-corrected chi connectivity index (χ0v) is 19.4. The third-order valence-corrected chi connectivity index (χ3v) is 5.69. The van der Waals surface area contributed by atoms with Gasteiger partial charge in [-0.05, 0) is 29.7 Å². The van der Waals surface area contributed by atoms with Crippen molar-refractivity contribution >= 4 is 17.7 Å². The number of nitrogens with one attached hydrogen (secondary N) is 1. The molecule has 0 aliphatic heterocycles. The van der Waals surface area contributed by atoms with Crippen molar-refractivity contribution in [1.82, 2.24) is 20.1 Å².